The minimum absolute atomic E-state index is 0. The van der Waals surface area contributed by atoms with Gasteiger partial charge >= 0.3 is 16.9 Å². The molecule has 0 aliphatic carbocycles. The zero-order valence-corrected chi connectivity index (χ0v) is 8.44. The summed E-state index contributed by atoms with van der Waals surface area (Å²) >= 11 is 0. The molecule has 0 aromatic heterocycles. The molecule has 0 spiro atoms. The van der Waals surface area contributed by atoms with Crippen molar-refractivity contribution in [3.63, 3.8) is 0 Å². The quantitative estimate of drug-likeness (QED) is 0.338. The van der Waals surface area contributed by atoms with Crippen molar-refractivity contribution in [2.75, 3.05) is 0 Å². The molecule has 9 heteroatoms. The van der Waals surface area contributed by atoms with Gasteiger partial charge in [0.25, 0.3) is 0 Å². The van der Waals surface area contributed by atoms with Crippen LogP contribution in [-0.4, -0.2) is 24.5 Å². The van der Waals surface area contributed by atoms with Crippen LogP contribution in [0, 0.1) is 0 Å². The summed E-state index contributed by atoms with van der Waals surface area (Å²) in [5.41, 5.74) is 0. The predicted octanol–water partition coefficient (Wildman–Crippen LogP) is -1.45. The smallest absolute Gasteiger partial charge is 0.324 e. The van der Waals surface area contributed by atoms with E-state index in [4.69, 9.17) is 29.0 Å². The standard InChI is InChI=1S/2H3O3P.Zr/c2*1-4(2)3;/h4H,(H2,1,2,3);1-3H;. The fraction of sp³-hybridized carbons (Fsp3) is 0. The first-order chi connectivity index (χ1) is 3.46. The fourth-order valence-electron chi connectivity index (χ4n) is 0. The van der Waals surface area contributed by atoms with Gasteiger partial charge in [-0.15, -0.1) is 0 Å². The third kappa shape index (κ3) is 279. The van der Waals surface area contributed by atoms with Gasteiger partial charge in [-0.1, -0.05) is 0 Å². The van der Waals surface area contributed by atoms with Crippen LogP contribution in [0.1, 0.15) is 0 Å². The second-order valence-corrected chi connectivity index (χ2v) is 1.65. The van der Waals surface area contributed by atoms with Crippen molar-refractivity contribution in [3.8, 4) is 0 Å². The van der Waals surface area contributed by atoms with Crippen molar-refractivity contribution in [2.45, 2.75) is 0 Å². The van der Waals surface area contributed by atoms with Crippen molar-refractivity contribution in [1.82, 2.24) is 0 Å². The maximum Gasteiger partial charge on any atom is 0.324 e. The maximum absolute atomic E-state index is 8.74. The van der Waals surface area contributed by atoms with Gasteiger partial charge in [0.2, 0.25) is 0 Å². The molecule has 0 saturated heterocycles. The largest absolute Gasteiger partial charge is 0.328 e. The third-order valence-electron chi connectivity index (χ3n) is 0. The minimum Gasteiger partial charge on any atom is -0.328 e. The van der Waals surface area contributed by atoms with Crippen LogP contribution in [0.15, 0.2) is 0 Å². The van der Waals surface area contributed by atoms with Crippen LogP contribution in [0.2, 0.25) is 0 Å². The Hall–Kier alpha value is 1.34. The van der Waals surface area contributed by atoms with E-state index in [1.165, 1.54) is 0 Å². The van der Waals surface area contributed by atoms with E-state index in [1.54, 1.807) is 0 Å². The molecule has 0 aliphatic rings. The Kier molecular flexibility index (Phi) is 22.4. The van der Waals surface area contributed by atoms with E-state index in [2.05, 4.69) is 0 Å². The van der Waals surface area contributed by atoms with E-state index in [-0.39, 0.29) is 26.2 Å². The summed E-state index contributed by atoms with van der Waals surface area (Å²) < 4.78 is 8.74. The molecule has 0 aromatic carbocycles. The topological polar surface area (TPSA) is 118 Å². The van der Waals surface area contributed by atoms with E-state index >= 15 is 0 Å². The minimum atomic E-state index is -3.13. The normalized spacial score (nSPS) is 7.89. The molecule has 5 N–H and O–H groups in total. The SMILES string of the molecule is O=[PH](O)O.OP(O)O.[Zr]. The van der Waals surface area contributed by atoms with Gasteiger partial charge in [-0.2, -0.15) is 0 Å². The Morgan fingerprint density at radius 3 is 1.11 bits per heavy atom. The second-order valence-electron chi connectivity index (χ2n) is 0.551. The van der Waals surface area contributed by atoms with Crippen LogP contribution in [0.3, 0.4) is 0 Å². The molecule has 0 saturated carbocycles. The summed E-state index contributed by atoms with van der Waals surface area (Å²) in [6.45, 7) is 0. The van der Waals surface area contributed by atoms with Crippen molar-refractivity contribution in [3.05, 3.63) is 0 Å². The molecule has 56 valence electrons. The molecule has 0 amide bonds. The summed E-state index contributed by atoms with van der Waals surface area (Å²) in [5, 5.41) is 0. The number of rotatable bonds is 0. The molecule has 0 rings (SSSR count). The fourth-order valence-corrected chi connectivity index (χ4v) is 0. The van der Waals surface area contributed by atoms with E-state index in [9.17, 15) is 0 Å². The molecule has 0 bridgehead atoms. The van der Waals surface area contributed by atoms with Crippen molar-refractivity contribution in [1.29, 1.82) is 0 Å². The van der Waals surface area contributed by atoms with Crippen LogP contribution in [0.5, 0.6) is 0 Å². The molecule has 0 fully saturated rings. The summed E-state index contributed by atoms with van der Waals surface area (Å²) in [4.78, 5) is 36.0. The van der Waals surface area contributed by atoms with E-state index in [0.29, 0.717) is 0 Å². The first-order valence-electron chi connectivity index (χ1n) is 1.25. The molecule has 0 radical (unpaired) electrons. The first kappa shape index (κ1) is 16.7. The number of hydrogen-bond donors (Lipinski definition) is 5. The molecule has 9 heavy (non-hydrogen) atoms. The van der Waals surface area contributed by atoms with Crippen LogP contribution in [0.25, 0.3) is 0 Å². The average Bonchev–Trinajstić information content (AvgIpc) is 1.25. The van der Waals surface area contributed by atoms with Gasteiger partial charge in [-0.25, -0.2) is 0 Å². The van der Waals surface area contributed by atoms with Gasteiger partial charge in [-0.3, -0.25) is 4.57 Å². The van der Waals surface area contributed by atoms with Crippen LogP contribution >= 0.6 is 16.9 Å². The van der Waals surface area contributed by atoms with Crippen molar-refractivity contribution >= 4 is 16.9 Å². The molecule has 6 nitrogen and oxygen atoms in total. The van der Waals surface area contributed by atoms with Crippen LogP contribution in [-0.2, 0) is 30.8 Å². The Morgan fingerprint density at radius 1 is 1.11 bits per heavy atom. The van der Waals surface area contributed by atoms with Crippen molar-refractivity contribution < 1.29 is 55.2 Å². The summed E-state index contributed by atoms with van der Waals surface area (Å²) in [6, 6.07) is 0. The van der Waals surface area contributed by atoms with Gasteiger partial charge in [0, 0.05) is 26.2 Å². The molecular weight excluding hydrogens is 249 g/mol. The Bertz CT molecular complexity index is 55.3. The van der Waals surface area contributed by atoms with E-state index in [0.717, 1.165) is 0 Å². The van der Waals surface area contributed by atoms with Crippen LogP contribution in [0.4, 0.5) is 0 Å². The second kappa shape index (κ2) is 12.1. The number of hydrogen-bond acceptors (Lipinski definition) is 4. The molecule has 0 aliphatic heterocycles. The Balaban J connectivity index is -0.0000000720. The predicted molar refractivity (Wildman–Crippen MR) is 27.0 cm³/mol. The molecular formula is H6O6P2Zr. The van der Waals surface area contributed by atoms with E-state index < -0.39 is 16.9 Å². The summed E-state index contributed by atoms with van der Waals surface area (Å²) in [5.74, 6) is 0. The average molecular weight is 255 g/mol. The van der Waals surface area contributed by atoms with Crippen LogP contribution < -0.4 is 0 Å². The zero-order chi connectivity index (χ0) is 7.15. The molecule has 0 heterocycles. The van der Waals surface area contributed by atoms with Gasteiger partial charge < -0.3 is 24.5 Å². The third-order valence-corrected chi connectivity index (χ3v) is 0. The van der Waals surface area contributed by atoms with Gasteiger partial charge in [-0.05, 0) is 0 Å². The van der Waals surface area contributed by atoms with Gasteiger partial charge in [0.05, 0.1) is 0 Å². The molecule has 0 aromatic rings. The summed E-state index contributed by atoms with van der Waals surface area (Å²) in [7, 11) is -5.75. The zero-order valence-electron chi connectivity index (χ0n) is 4.09. The van der Waals surface area contributed by atoms with Gasteiger partial charge in [0.15, 0.2) is 0 Å². The first-order valence-corrected chi connectivity index (χ1v) is 3.75. The Morgan fingerprint density at radius 2 is 1.11 bits per heavy atom. The monoisotopic (exact) mass is 254 g/mol. The van der Waals surface area contributed by atoms with Gasteiger partial charge in [0.1, 0.15) is 0 Å². The Labute approximate surface area is 72.2 Å². The molecule has 0 atom stereocenters. The molecule has 0 unspecified atom stereocenters. The van der Waals surface area contributed by atoms with E-state index in [1.807, 2.05) is 0 Å². The summed E-state index contributed by atoms with van der Waals surface area (Å²) in [6.07, 6.45) is 0. The maximum atomic E-state index is 8.74. The van der Waals surface area contributed by atoms with Crippen molar-refractivity contribution in [2.24, 2.45) is 0 Å².